The van der Waals surface area contributed by atoms with E-state index in [2.05, 4.69) is 23.9 Å². The zero-order valence-corrected chi connectivity index (χ0v) is 31.1. The van der Waals surface area contributed by atoms with Gasteiger partial charge >= 0.3 is 6.03 Å². The summed E-state index contributed by atoms with van der Waals surface area (Å²) in [4.78, 5) is 49.8. The molecule has 0 unspecified atom stereocenters. The highest BCUT2D eigenvalue weighted by atomic mass is 32.2. The lowest BCUT2D eigenvalue weighted by molar-refractivity contribution is -0.134. The van der Waals surface area contributed by atoms with Crippen molar-refractivity contribution in [3.05, 3.63) is 53.9 Å². The number of carbonyl (C=O) groups is 3. The Hall–Kier alpha value is -4.66. The number of amides is 4. The van der Waals surface area contributed by atoms with Crippen LogP contribution in [0.2, 0.25) is 0 Å². The Bertz CT molecular complexity index is 2040. The molecule has 2 aromatic heterocycles. The third-order valence-electron chi connectivity index (χ3n) is 10.7. The fourth-order valence-corrected chi connectivity index (χ4v) is 8.62. The number of fused-ring (bicyclic) bond motifs is 3. The van der Waals surface area contributed by atoms with E-state index in [0.29, 0.717) is 42.2 Å². The van der Waals surface area contributed by atoms with Crippen LogP contribution in [0.5, 0.6) is 11.5 Å². The molecular formula is C37H47N7O7S. The van der Waals surface area contributed by atoms with E-state index in [0.717, 1.165) is 35.9 Å². The maximum absolute atomic E-state index is 14.2. The van der Waals surface area contributed by atoms with Gasteiger partial charge in [-0.15, -0.1) is 0 Å². The molecule has 2 N–H and O–H groups in total. The predicted molar refractivity (Wildman–Crippen MR) is 194 cm³/mol. The molecule has 2 aliphatic heterocycles. The van der Waals surface area contributed by atoms with Crippen LogP contribution in [0.4, 0.5) is 4.79 Å². The SMILES string of the molecule is COc1ccc2c(O[C@H]3C[C@H]4C(=O)N(C)CCCC/C=C\[C@@H]5C[C@@]5(C(=O)NS(=O)(=O)C5CC5)NC(=O)N4C3)cc(-n3ccc(C(C)C)n3)nc2c1C. The number of pyridine rings is 1. The molecule has 15 heteroatoms. The highest BCUT2D eigenvalue weighted by molar-refractivity contribution is 7.91. The van der Waals surface area contributed by atoms with Crippen LogP contribution in [0.1, 0.15) is 76.0 Å². The second kappa shape index (κ2) is 13.7. The second-order valence-corrected chi connectivity index (χ2v) is 16.8. The van der Waals surface area contributed by atoms with Crippen molar-refractivity contribution < 1.29 is 32.3 Å². The molecule has 14 nitrogen and oxygen atoms in total. The molecule has 0 bridgehead atoms. The Morgan fingerprint density at radius 1 is 1.13 bits per heavy atom. The molecule has 3 fully saturated rings. The van der Waals surface area contributed by atoms with Crippen LogP contribution in [-0.2, 0) is 19.6 Å². The van der Waals surface area contributed by atoms with E-state index in [9.17, 15) is 22.8 Å². The number of carbonyl (C=O) groups excluding carboxylic acids is 3. The van der Waals surface area contributed by atoms with Crippen molar-refractivity contribution in [3.63, 3.8) is 0 Å². The van der Waals surface area contributed by atoms with Gasteiger partial charge in [-0.05, 0) is 69.6 Å². The van der Waals surface area contributed by atoms with Crippen molar-refractivity contribution in [2.24, 2.45) is 5.92 Å². The number of nitrogens with zero attached hydrogens (tertiary/aromatic N) is 5. The van der Waals surface area contributed by atoms with Crippen LogP contribution in [0.15, 0.2) is 42.6 Å². The summed E-state index contributed by atoms with van der Waals surface area (Å²) in [6, 6.07) is 6.01. The van der Waals surface area contributed by atoms with Crippen LogP contribution in [0, 0.1) is 12.8 Å². The fourth-order valence-electron chi connectivity index (χ4n) is 7.26. The second-order valence-electron chi connectivity index (χ2n) is 14.8. The number of allylic oxidation sites excluding steroid dienone is 1. The Balaban J connectivity index is 1.21. The van der Waals surface area contributed by atoms with Gasteiger partial charge in [-0.25, -0.2) is 22.9 Å². The number of sulfonamides is 1. The summed E-state index contributed by atoms with van der Waals surface area (Å²) < 4.78 is 41.8. The zero-order valence-electron chi connectivity index (χ0n) is 30.3. The molecule has 278 valence electrons. The number of hydrogen-bond acceptors (Lipinski definition) is 9. The molecule has 7 rings (SSSR count). The van der Waals surface area contributed by atoms with Gasteiger partial charge in [-0.2, -0.15) is 5.10 Å². The third-order valence-corrected chi connectivity index (χ3v) is 12.5. The number of aryl methyl sites for hydroxylation is 1. The van der Waals surface area contributed by atoms with Gasteiger partial charge in [0.2, 0.25) is 15.9 Å². The third kappa shape index (κ3) is 6.82. The molecule has 0 radical (unpaired) electrons. The van der Waals surface area contributed by atoms with E-state index in [1.807, 2.05) is 49.5 Å². The molecule has 1 aromatic carbocycles. The Kier molecular flexibility index (Phi) is 9.42. The van der Waals surface area contributed by atoms with Crippen molar-refractivity contribution >= 4 is 38.8 Å². The predicted octanol–water partition coefficient (Wildman–Crippen LogP) is 3.96. The molecular weight excluding hydrogens is 687 g/mol. The summed E-state index contributed by atoms with van der Waals surface area (Å²) in [5.41, 5.74) is 0.960. The highest BCUT2D eigenvalue weighted by Crippen LogP contribution is 2.46. The Morgan fingerprint density at radius 3 is 2.63 bits per heavy atom. The Morgan fingerprint density at radius 2 is 1.92 bits per heavy atom. The van der Waals surface area contributed by atoms with Crippen molar-refractivity contribution in [1.29, 1.82) is 0 Å². The van der Waals surface area contributed by atoms with Gasteiger partial charge in [0, 0.05) is 49.1 Å². The normalized spacial score (nSPS) is 26.0. The molecule has 1 saturated heterocycles. The summed E-state index contributed by atoms with van der Waals surface area (Å²) in [7, 11) is -0.504. The molecule has 4 amide bonds. The summed E-state index contributed by atoms with van der Waals surface area (Å²) in [5.74, 6) is 0.592. The largest absolute Gasteiger partial charge is 0.496 e. The number of rotatable bonds is 8. The lowest BCUT2D eigenvalue weighted by Gasteiger charge is -2.30. The van der Waals surface area contributed by atoms with Crippen LogP contribution in [0.25, 0.3) is 16.7 Å². The average Bonchev–Trinajstić information content (AvgIpc) is 3.98. The van der Waals surface area contributed by atoms with Crippen molar-refractivity contribution in [1.82, 2.24) is 34.6 Å². The quantitative estimate of drug-likeness (QED) is 0.326. The Labute approximate surface area is 303 Å². The van der Waals surface area contributed by atoms with Crippen molar-refractivity contribution in [3.8, 4) is 17.3 Å². The van der Waals surface area contributed by atoms with Crippen LogP contribution >= 0.6 is 0 Å². The monoisotopic (exact) mass is 733 g/mol. The molecule has 3 aromatic rings. The smallest absolute Gasteiger partial charge is 0.319 e. The first kappa shape index (κ1) is 35.7. The number of hydrogen-bond donors (Lipinski definition) is 2. The molecule has 2 aliphatic carbocycles. The first-order valence-corrected chi connectivity index (χ1v) is 19.6. The van der Waals surface area contributed by atoms with E-state index in [-0.39, 0.29) is 37.1 Å². The van der Waals surface area contributed by atoms with E-state index < -0.39 is 44.9 Å². The minimum absolute atomic E-state index is 0.0577. The molecule has 4 atom stereocenters. The number of benzene rings is 1. The maximum Gasteiger partial charge on any atom is 0.319 e. The van der Waals surface area contributed by atoms with Gasteiger partial charge in [0.1, 0.15) is 29.2 Å². The van der Waals surface area contributed by atoms with Gasteiger partial charge in [0.05, 0.1) is 30.1 Å². The molecule has 4 heterocycles. The van der Waals surface area contributed by atoms with Crippen molar-refractivity contribution in [2.75, 3.05) is 27.2 Å². The highest BCUT2D eigenvalue weighted by Gasteiger charge is 2.62. The van der Waals surface area contributed by atoms with Gasteiger partial charge in [0.25, 0.3) is 5.91 Å². The first-order valence-electron chi connectivity index (χ1n) is 18.1. The molecule has 2 saturated carbocycles. The zero-order chi connectivity index (χ0) is 36.9. The van der Waals surface area contributed by atoms with E-state index >= 15 is 0 Å². The summed E-state index contributed by atoms with van der Waals surface area (Å²) in [5, 5.41) is 7.76. The van der Waals surface area contributed by atoms with E-state index in [1.54, 1.807) is 23.7 Å². The molecule has 4 aliphatic rings. The van der Waals surface area contributed by atoms with Gasteiger partial charge in [-0.3, -0.25) is 14.3 Å². The van der Waals surface area contributed by atoms with E-state index in [4.69, 9.17) is 19.6 Å². The van der Waals surface area contributed by atoms with Gasteiger partial charge < -0.3 is 24.6 Å². The topological polar surface area (TPSA) is 165 Å². The average molecular weight is 734 g/mol. The minimum atomic E-state index is -3.84. The standard InChI is InChI=1S/C37H47N7O7S/c1-22(2)28-15-17-44(40-28)32-19-31(27-13-14-30(50-5)23(3)33(27)38-32)51-25-18-29-34(45)42(4)16-9-7-6-8-10-24-20-37(24,39-36(47)43(29)21-25)35(46)41-52(48,49)26-11-12-26/h8,10,13-15,17,19,22,24-26,29H,6-7,9,11-12,16,18,20-21H2,1-5H3,(H,39,47)(H,41,46)/b10-8-/t24-,25+,29+,37-/m1/s1. The van der Waals surface area contributed by atoms with Gasteiger partial charge in [0.15, 0.2) is 5.82 Å². The minimum Gasteiger partial charge on any atom is -0.496 e. The lowest BCUT2D eigenvalue weighted by atomic mass is 10.1. The summed E-state index contributed by atoms with van der Waals surface area (Å²) >= 11 is 0. The number of urea groups is 1. The summed E-state index contributed by atoms with van der Waals surface area (Å²) in [6.07, 6.45) is 8.93. The molecule has 52 heavy (non-hydrogen) atoms. The first-order chi connectivity index (χ1) is 24.8. The van der Waals surface area contributed by atoms with Crippen LogP contribution < -0.4 is 19.5 Å². The fraction of sp³-hybridized carbons (Fsp3) is 0.541. The maximum atomic E-state index is 14.2. The van der Waals surface area contributed by atoms with E-state index in [1.165, 1.54) is 4.90 Å². The molecule has 0 spiro atoms. The van der Waals surface area contributed by atoms with Crippen LogP contribution in [-0.4, -0.2) is 101 Å². The number of nitrogens with one attached hydrogen (secondary N) is 2. The van der Waals surface area contributed by atoms with Crippen LogP contribution in [0.3, 0.4) is 0 Å². The van der Waals surface area contributed by atoms with Crippen molar-refractivity contribution in [2.45, 2.75) is 94.6 Å². The number of methoxy groups -OCH3 is 1. The summed E-state index contributed by atoms with van der Waals surface area (Å²) in [6.45, 7) is 6.65. The number of aromatic nitrogens is 3. The number of ether oxygens (including phenoxy) is 2. The lowest BCUT2D eigenvalue weighted by Crippen LogP contribution is -2.57. The number of likely N-dealkylation sites (N-methyl/N-ethyl adjacent to an activating group) is 1. The van der Waals surface area contributed by atoms with Gasteiger partial charge in [-0.1, -0.05) is 26.0 Å².